The fraction of sp³-hybridized carbons (Fsp3) is 0.143. The number of rotatable bonds is 5. The molecule has 0 heterocycles. The second kappa shape index (κ2) is 6.83. The lowest BCUT2D eigenvalue weighted by Crippen LogP contribution is -2.15. The maximum atomic E-state index is 12.7. The van der Waals surface area contributed by atoms with Crippen LogP contribution in [-0.2, 0) is 26.0 Å². The van der Waals surface area contributed by atoms with Gasteiger partial charge in [-0.25, -0.2) is 16.8 Å². The Morgan fingerprint density at radius 3 is 1.92 bits per heavy atom. The molecule has 5 nitrogen and oxygen atoms in total. The normalized spacial score (nSPS) is 13.0. The van der Waals surface area contributed by atoms with Crippen LogP contribution in [0.3, 0.4) is 0 Å². The first-order valence-electron chi connectivity index (χ1n) is 6.66. The summed E-state index contributed by atoms with van der Waals surface area (Å²) in [5, 5.41) is 0. The molecule has 0 saturated carbocycles. The van der Waals surface area contributed by atoms with E-state index in [1.807, 2.05) is 4.72 Å². The summed E-state index contributed by atoms with van der Waals surface area (Å²) in [5.74, 6) is -3.64. The van der Waals surface area contributed by atoms with Crippen molar-refractivity contribution in [1.82, 2.24) is 0 Å². The van der Waals surface area contributed by atoms with E-state index in [0.717, 1.165) is 36.4 Å². The lowest BCUT2D eigenvalue weighted by Gasteiger charge is -2.11. The van der Waals surface area contributed by atoms with Crippen LogP contribution < -0.4 is 4.72 Å². The average Bonchev–Trinajstić information content (AvgIpc) is 2.54. The van der Waals surface area contributed by atoms with Gasteiger partial charge >= 0.3 is 11.9 Å². The first-order valence-corrected chi connectivity index (χ1v) is 9.69. The Morgan fingerprint density at radius 2 is 1.42 bits per heavy atom. The molecule has 142 valence electrons. The SMILES string of the molecule is O=S(=O)(Nc1ccc(S(=O)(=O)C(F)F)cc1)c1cccc(C(F)(F)F)c1. The van der Waals surface area contributed by atoms with E-state index in [2.05, 4.69) is 0 Å². The molecule has 2 aromatic rings. The summed E-state index contributed by atoms with van der Waals surface area (Å²) in [5.41, 5.74) is -1.38. The van der Waals surface area contributed by atoms with Gasteiger partial charge in [-0.2, -0.15) is 22.0 Å². The number of halogens is 5. The molecule has 0 aliphatic heterocycles. The zero-order valence-corrected chi connectivity index (χ0v) is 14.2. The monoisotopic (exact) mass is 415 g/mol. The summed E-state index contributed by atoms with van der Waals surface area (Å²) in [7, 11) is -9.26. The Morgan fingerprint density at radius 1 is 0.846 bits per heavy atom. The highest BCUT2D eigenvalue weighted by Crippen LogP contribution is 2.31. The Balaban J connectivity index is 2.31. The molecule has 0 aliphatic rings. The molecule has 0 bridgehead atoms. The van der Waals surface area contributed by atoms with E-state index in [9.17, 15) is 38.8 Å². The molecule has 2 aromatic carbocycles. The van der Waals surface area contributed by atoms with Crippen LogP contribution in [0.2, 0.25) is 0 Å². The fourth-order valence-electron chi connectivity index (χ4n) is 1.87. The second-order valence-corrected chi connectivity index (χ2v) is 8.56. The van der Waals surface area contributed by atoms with Gasteiger partial charge in [0.15, 0.2) is 0 Å². The van der Waals surface area contributed by atoms with Gasteiger partial charge in [0.25, 0.3) is 10.0 Å². The van der Waals surface area contributed by atoms with E-state index in [-0.39, 0.29) is 5.69 Å². The number of benzene rings is 2. The summed E-state index contributed by atoms with van der Waals surface area (Å²) in [6.45, 7) is 0. The Bertz CT molecular complexity index is 1000. The second-order valence-electron chi connectivity index (χ2n) is 4.96. The minimum atomic E-state index is -4.85. The smallest absolute Gasteiger partial charge is 0.280 e. The van der Waals surface area contributed by atoms with E-state index in [1.54, 1.807) is 0 Å². The van der Waals surface area contributed by atoms with Crippen LogP contribution in [0.25, 0.3) is 0 Å². The molecule has 0 fully saturated rings. The van der Waals surface area contributed by atoms with Gasteiger partial charge in [-0.3, -0.25) is 4.72 Å². The minimum Gasteiger partial charge on any atom is -0.280 e. The summed E-state index contributed by atoms with van der Waals surface area (Å²) in [4.78, 5) is -1.40. The molecule has 0 aliphatic carbocycles. The molecule has 0 amide bonds. The molecule has 0 spiro atoms. The topological polar surface area (TPSA) is 80.3 Å². The summed E-state index contributed by atoms with van der Waals surface area (Å²) < 4.78 is 112. The predicted octanol–water partition coefficient (Wildman–Crippen LogP) is 3.50. The largest absolute Gasteiger partial charge is 0.416 e. The molecule has 0 unspecified atom stereocenters. The van der Waals surface area contributed by atoms with Crippen molar-refractivity contribution in [3.8, 4) is 0 Å². The molecular weight excluding hydrogens is 405 g/mol. The van der Waals surface area contributed by atoms with Gasteiger partial charge in [0.05, 0.1) is 15.4 Å². The van der Waals surface area contributed by atoms with Gasteiger partial charge < -0.3 is 0 Å². The van der Waals surface area contributed by atoms with Crippen molar-refractivity contribution in [2.45, 2.75) is 21.7 Å². The van der Waals surface area contributed by atoms with E-state index in [0.29, 0.717) is 12.1 Å². The summed E-state index contributed by atoms with van der Waals surface area (Å²) >= 11 is 0. The van der Waals surface area contributed by atoms with Crippen molar-refractivity contribution in [3.63, 3.8) is 0 Å². The molecule has 2 rings (SSSR count). The van der Waals surface area contributed by atoms with Crippen molar-refractivity contribution < 1.29 is 38.8 Å². The third-order valence-electron chi connectivity index (χ3n) is 3.14. The maximum absolute atomic E-state index is 12.7. The van der Waals surface area contributed by atoms with Crippen molar-refractivity contribution in [1.29, 1.82) is 0 Å². The molecule has 0 aromatic heterocycles. The molecule has 0 saturated heterocycles. The van der Waals surface area contributed by atoms with Crippen LogP contribution in [0.15, 0.2) is 58.3 Å². The molecule has 0 atom stereocenters. The van der Waals surface area contributed by atoms with Crippen LogP contribution in [-0.4, -0.2) is 22.6 Å². The summed E-state index contributed by atoms with van der Waals surface area (Å²) in [6.07, 6.45) is -4.74. The molecule has 1 N–H and O–H groups in total. The fourth-order valence-corrected chi connectivity index (χ4v) is 3.69. The Hall–Kier alpha value is -2.21. The number of alkyl halides is 5. The van der Waals surface area contributed by atoms with Crippen molar-refractivity contribution in [2.24, 2.45) is 0 Å². The lowest BCUT2D eigenvalue weighted by atomic mass is 10.2. The molecule has 0 radical (unpaired) electrons. The predicted molar refractivity (Wildman–Crippen MR) is 81.9 cm³/mol. The highest BCUT2D eigenvalue weighted by atomic mass is 32.2. The van der Waals surface area contributed by atoms with Gasteiger partial charge in [0.1, 0.15) is 0 Å². The molecular formula is C14H10F5NO4S2. The first kappa shape index (κ1) is 20.1. The Kier molecular flexibility index (Phi) is 5.29. The average molecular weight is 415 g/mol. The minimum absolute atomic E-state index is 0.212. The van der Waals surface area contributed by atoms with Crippen molar-refractivity contribution in [2.75, 3.05) is 4.72 Å². The van der Waals surface area contributed by atoms with Crippen LogP contribution >= 0.6 is 0 Å². The first-order chi connectivity index (χ1) is 11.8. The van der Waals surface area contributed by atoms with Crippen LogP contribution in [0.1, 0.15) is 5.56 Å². The standard InChI is InChI=1S/C14H10F5NO4S2/c15-13(16)25(21,22)11-6-4-10(5-7-11)20-26(23,24)12-3-1-2-9(8-12)14(17,18)19/h1-8,13,20H. The maximum Gasteiger partial charge on any atom is 0.416 e. The number of nitrogens with one attached hydrogen (secondary N) is 1. The third kappa shape index (κ3) is 4.30. The van der Waals surface area contributed by atoms with E-state index >= 15 is 0 Å². The number of hydrogen-bond donors (Lipinski definition) is 1. The number of anilines is 1. The van der Waals surface area contributed by atoms with Gasteiger partial charge in [0.2, 0.25) is 9.84 Å². The van der Waals surface area contributed by atoms with E-state index < -0.39 is 47.1 Å². The third-order valence-corrected chi connectivity index (χ3v) is 5.92. The van der Waals surface area contributed by atoms with Crippen LogP contribution in [0.4, 0.5) is 27.6 Å². The number of sulfonamides is 1. The summed E-state index contributed by atoms with van der Waals surface area (Å²) in [6, 6.07) is 6.29. The number of sulfone groups is 1. The van der Waals surface area contributed by atoms with Crippen LogP contribution in [0, 0.1) is 0 Å². The van der Waals surface area contributed by atoms with Gasteiger partial charge in [-0.05, 0) is 42.5 Å². The van der Waals surface area contributed by atoms with Gasteiger partial charge in [-0.15, -0.1) is 0 Å². The van der Waals surface area contributed by atoms with Crippen molar-refractivity contribution in [3.05, 3.63) is 54.1 Å². The number of hydrogen-bond acceptors (Lipinski definition) is 4. The van der Waals surface area contributed by atoms with Gasteiger partial charge in [-0.1, -0.05) is 6.07 Å². The van der Waals surface area contributed by atoms with Gasteiger partial charge in [0, 0.05) is 5.69 Å². The molecule has 26 heavy (non-hydrogen) atoms. The zero-order valence-electron chi connectivity index (χ0n) is 12.5. The quantitative estimate of drug-likeness (QED) is 0.758. The highest BCUT2D eigenvalue weighted by molar-refractivity contribution is 7.92. The lowest BCUT2D eigenvalue weighted by molar-refractivity contribution is -0.137. The highest BCUT2D eigenvalue weighted by Gasteiger charge is 2.32. The molecule has 12 heteroatoms. The zero-order chi connectivity index (χ0) is 19.8. The van der Waals surface area contributed by atoms with Crippen molar-refractivity contribution >= 4 is 25.5 Å². The Labute approximate surface area is 145 Å². The van der Waals surface area contributed by atoms with E-state index in [1.165, 1.54) is 0 Å². The van der Waals surface area contributed by atoms with E-state index in [4.69, 9.17) is 0 Å². The van der Waals surface area contributed by atoms with Crippen LogP contribution in [0.5, 0.6) is 0 Å².